The van der Waals surface area contributed by atoms with Gasteiger partial charge in [0.1, 0.15) is 11.9 Å². The van der Waals surface area contributed by atoms with Gasteiger partial charge in [0, 0.05) is 19.2 Å². The monoisotopic (exact) mass is 293 g/mol. The Morgan fingerprint density at radius 3 is 2.33 bits per heavy atom. The Labute approximate surface area is 130 Å². The molecule has 0 heterocycles. The van der Waals surface area contributed by atoms with E-state index in [9.17, 15) is 0 Å². The van der Waals surface area contributed by atoms with Crippen molar-refractivity contribution in [1.82, 2.24) is 5.32 Å². The Balaban J connectivity index is 2.53. The maximum absolute atomic E-state index is 6.02. The summed E-state index contributed by atoms with van der Waals surface area (Å²) in [4.78, 5) is 0. The lowest BCUT2D eigenvalue weighted by Crippen LogP contribution is -2.44. The van der Waals surface area contributed by atoms with Gasteiger partial charge in [-0.05, 0) is 51.3 Å². The van der Waals surface area contributed by atoms with Crippen LogP contribution < -0.4 is 10.1 Å². The number of benzene rings is 1. The lowest BCUT2D eigenvalue weighted by atomic mass is 10.1. The van der Waals surface area contributed by atoms with E-state index in [0.717, 1.165) is 18.7 Å². The third-order valence-electron chi connectivity index (χ3n) is 3.26. The highest BCUT2D eigenvalue weighted by Gasteiger charge is 2.15. The molecule has 0 aliphatic heterocycles. The maximum Gasteiger partial charge on any atom is 0.134 e. The minimum absolute atomic E-state index is 0.0238. The Morgan fingerprint density at radius 2 is 1.81 bits per heavy atom. The lowest BCUT2D eigenvalue weighted by Gasteiger charge is -2.25. The molecule has 0 aliphatic carbocycles. The molecule has 0 bridgehead atoms. The van der Waals surface area contributed by atoms with Crippen molar-refractivity contribution in [3.8, 4) is 5.75 Å². The first-order valence-electron chi connectivity index (χ1n) is 7.94. The van der Waals surface area contributed by atoms with E-state index in [1.54, 1.807) is 7.11 Å². The van der Waals surface area contributed by atoms with Crippen molar-refractivity contribution in [2.75, 3.05) is 20.3 Å². The SMILES string of the molecule is CCCCc1ccc(OC(CNC(C)(C)C)COC)cc1. The summed E-state index contributed by atoms with van der Waals surface area (Å²) in [6.45, 7) is 10.0. The zero-order valence-electron chi connectivity index (χ0n) is 14.2. The Kier molecular flexibility index (Phi) is 7.76. The molecule has 3 heteroatoms. The molecule has 3 nitrogen and oxygen atoms in total. The van der Waals surface area contributed by atoms with Gasteiger partial charge in [-0.25, -0.2) is 0 Å². The third-order valence-corrected chi connectivity index (χ3v) is 3.26. The molecule has 120 valence electrons. The molecule has 0 radical (unpaired) electrons. The standard InChI is InChI=1S/C18H31NO2/c1-6-7-8-15-9-11-16(12-10-15)21-17(14-20-5)13-19-18(2,3)4/h9-12,17,19H,6-8,13-14H2,1-5H3. The first kappa shape index (κ1) is 18.0. The van der Waals surface area contributed by atoms with Crippen LogP contribution in [0.1, 0.15) is 46.1 Å². The fraction of sp³-hybridized carbons (Fsp3) is 0.667. The number of aryl methyl sites for hydroxylation is 1. The van der Waals surface area contributed by atoms with Crippen LogP contribution in [0.3, 0.4) is 0 Å². The first-order valence-corrected chi connectivity index (χ1v) is 7.94. The van der Waals surface area contributed by atoms with E-state index in [1.165, 1.54) is 18.4 Å². The average Bonchev–Trinajstić information content (AvgIpc) is 2.43. The summed E-state index contributed by atoms with van der Waals surface area (Å²) >= 11 is 0. The van der Waals surface area contributed by atoms with Gasteiger partial charge in [-0.3, -0.25) is 0 Å². The van der Waals surface area contributed by atoms with E-state index < -0.39 is 0 Å². The molecule has 1 unspecified atom stereocenters. The fourth-order valence-corrected chi connectivity index (χ4v) is 2.05. The van der Waals surface area contributed by atoms with Crippen molar-refractivity contribution in [3.63, 3.8) is 0 Å². The van der Waals surface area contributed by atoms with Gasteiger partial charge < -0.3 is 14.8 Å². The minimum atomic E-state index is 0.0238. The lowest BCUT2D eigenvalue weighted by molar-refractivity contribution is 0.0765. The minimum Gasteiger partial charge on any atom is -0.487 e. The van der Waals surface area contributed by atoms with Gasteiger partial charge in [0.15, 0.2) is 0 Å². The largest absolute Gasteiger partial charge is 0.487 e. The molecule has 0 amide bonds. The summed E-state index contributed by atoms with van der Waals surface area (Å²) in [7, 11) is 1.71. The molecule has 1 N–H and O–H groups in total. The molecule has 1 rings (SSSR count). The number of methoxy groups -OCH3 is 1. The van der Waals surface area contributed by atoms with Gasteiger partial charge in [-0.15, -0.1) is 0 Å². The van der Waals surface area contributed by atoms with E-state index in [-0.39, 0.29) is 11.6 Å². The molecule has 21 heavy (non-hydrogen) atoms. The van der Waals surface area contributed by atoms with E-state index in [4.69, 9.17) is 9.47 Å². The Morgan fingerprint density at radius 1 is 1.14 bits per heavy atom. The number of hydrogen-bond donors (Lipinski definition) is 1. The van der Waals surface area contributed by atoms with Crippen molar-refractivity contribution < 1.29 is 9.47 Å². The average molecular weight is 293 g/mol. The summed E-state index contributed by atoms with van der Waals surface area (Å²) in [5.74, 6) is 0.910. The van der Waals surface area contributed by atoms with Gasteiger partial charge in [-0.1, -0.05) is 25.5 Å². The normalized spacial score (nSPS) is 13.2. The summed E-state index contributed by atoms with van der Waals surface area (Å²) in [5, 5.41) is 3.46. The van der Waals surface area contributed by atoms with Gasteiger partial charge in [0.25, 0.3) is 0 Å². The van der Waals surface area contributed by atoms with Crippen LogP contribution >= 0.6 is 0 Å². The first-order chi connectivity index (χ1) is 9.94. The molecule has 0 spiro atoms. The van der Waals surface area contributed by atoms with Crippen LogP contribution in [0, 0.1) is 0 Å². The second kappa shape index (κ2) is 9.06. The van der Waals surface area contributed by atoms with Crippen LogP contribution in [-0.4, -0.2) is 31.9 Å². The molecular weight excluding hydrogens is 262 g/mol. The summed E-state index contributed by atoms with van der Waals surface area (Å²) < 4.78 is 11.3. The van der Waals surface area contributed by atoms with Gasteiger partial charge in [0.2, 0.25) is 0 Å². The highest BCUT2D eigenvalue weighted by atomic mass is 16.5. The van der Waals surface area contributed by atoms with Gasteiger partial charge in [0.05, 0.1) is 6.61 Å². The summed E-state index contributed by atoms with van der Waals surface area (Å²) in [6.07, 6.45) is 3.63. The smallest absolute Gasteiger partial charge is 0.134 e. The fourth-order valence-electron chi connectivity index (χ4n) is 2.05. The summed E-state index contributed by atoms with van der Waals surface area (Å²) in [6, 6.07) is 8.44. The molecule has 0 aliphatic rings. The van der Waals surface area contributed by atoms with Crippen molar-refractivity contribution in [3.05, 3.63) is 29.8 Å². The number of nitrogens with one attached hydrogen (secondary N) is 1. The predicted molar refractivity (Wildman–Crippen MR) is 89.1 cm³/mol. The second-order valence-electron chi connectivity index (χ2n) is 6.57. The topological polar surface area (TPSA) is 30.5 Å². The van der Waals surface area contributed by atoms with Crippen molar-refractivity contribution >= 4 is 0 Å². The Hall–Kier alpha value is -1.06. The second-order valence-corrected chi connectivity index (χ2v) is 6.57. The van der Waals surface area contributed by atoms with Gasteiger partial charge >= 0.3 is 0 Å². The predicted octanol–water partition coefficient (Wildman–Crippen LogP) is 3.81. The van der Waals surface area contributed by atoms with Crippen LogP contribution in [0.5, 0.6) is 5.75 Å². The van der Waals surface area contributed by atoms with Crippen molar-refractivity contribution in [2.45, 2.75) is 58.6 Å². The number of hydrogen-bond acceptors (Lipinski definition) is 3. The van der Waals surface area contributed by atoms with Gasteiger partial charge in [-0.2, -0.15) is 0 Å². The zero-order chi connectivity index (χ0) is 15.7. The van der Waals surface area contributed by atoms with Crippen molar-refractivity contribution in [1.29, 1.82) is 0 Å². The van der Waals surface area contributed by atoms with Crippen LogP contribution in [0.2, 0.25) is 0 Å². The molecule has 1 atom stereocenters. The highest BCUT2D eigenvalue weighted by molar-refractivity contribution is 5.27. The molecule has 0 saturated heterocycles. The number of unbranched alkanes of at least 4 members (excludes halogenated alkanes) is 1. The van der Waals surface area contributed by atoms with E-state index in [1.807, 2.05) is 0 Å². The molecular formula is C18H31NO2. The zero-order valence-corrected chi connectivity index (χ0v) is 14.2. The molecule has 0 aromatic heterocycles. The van der Waals surface area contributed by atoms with Crippen LogP contribution in [0.25, 0.3) is 0 Å². The molecule has 1 aromatic carbocycles. The maximum atomic E-state index is 6.02. The quantitative estimate of drug-likeness (QED) is 0.751. The van der Waals surface area contributed by atoms with Crippen LogP contribution in [0.4, 0.5) is 0 Å². The Bertz CT molecular complexity index is 381. The third kappa shape index (κ3) is 8.08. The molecule has 1 aromatic rings. The van der Waals surface area contributed by atoms with E-state index >= 15 is 0 Å². The summed E-state index contributed by atoms with van der Waals surface area (Å²) in [5.41, 5.74) is 1.46. The number of rotatable bonds is 9. The highest BCUT2D eigenvalue weighted by Crippen LogP contribution is 2.15. The number of ether oxygens (including phenoxy) is 2. The molecule has 0 saturated carbocycles. The van der Waals surface area contributed by atoms with Crippen molar-refractivity contribution in [2.24, 2.45) is 0 Å². The van der Waals surface area contributed by atoms with E-state index in [2.05, 4.69) is 57.3 Å². The molecule has 0 fully saturated rings. The van der Waals surface area contributed by atoms with Crippen LogP contribution in [-0.2, 0) is 11.2 Å². The van der Waals surface area contributed by atoms with Crippen LogP contribution in [0.15, 0.2) is 24.3 Å². The van der Waals surface area contributed by atoms with E-state index in [0.29, 0.717) is 6.61 Å².